The number of nitrogens with one attached hydrogen (secondary N) is 3. The van der Waals surface area contributed by atoms with E-state index in [1.54, 1.807) is 6.92 Å². The van der Waals surface area contributed by atoms with E-state index in [1.165, 1.54) is 62.4 Å². The first-order valence-corrected chi connectivity index (χ1v) is 16.2. The van der Waals surface area contributed by atoms with E-state index < -0.39 is 11.9 Å². The number of carbonyl (C=O) groups is 2. The highest BCUT2D eigenvalue weighted by Crippen LogP contribution is 2.61. The molecule has 1 aromatic carbocycles. The first kappa shape index (κ1) is 28.4. The number of fused-ring (bicyclic) bond motifs is 1. The number of hydrogen-bond acceptors (Lipinski definition) is 6. The molecule has 3 N–H and O–H groups in total. The summed E-state index contributed by atoms with van der Waals surface area (Å²) in [5.74, 6) is 2.79. The molecule has 2 atom stereocenters. The van der Waals surface area contributed by atoms with Crippen molar-refractivity contribution in [1.82, 2.24) is 20.2 Å². The predicted octanol–water partition coefficient (Wildman–Crippen LogP) is 5.24. The SMILES string of the molecule is Cc1nc2cccc(NCCCCCCCN[C@@H](C)C34CC5CC(CC(C5)C3)C4)c2c(=O)n1[C@H]1CCC(=O)NC1=O. The average Bonchev–Trinajstić information content (AvgIpc) is 2.92. The van der Waals surface area contributed by atoms with E-state index in [0.29, 0.717) is 34.6 Å². The van der Waals surface area contributed by atoms with Gasteiger partial charge in [0.2, 0.25) is 11.8 Å². The van der Waals surface area contributed by atoms with Crippen molar-refractivity contribution in [2.24, 2.45) is 23.2 Å². The van der Waals surface area contributed by atoms with Crippen LogP contribution < -0.4 is 21.5 Å². The zero-order valence-corrected chi connectivity index (χ0v) is 24.8. The van der Waals surface area contributed by atoms with Crippen LogP contribution in [-0.4, -0.2) is 40.5 Å². The molecule has 4 saturated carbocycles. The molecule has 5 fully saturated rings. The van der Waals surface area contributed by atoms with Gasteiger partial charge in [0, 0.05) is 24.7 Å². The maximum Gasteiger partial charge on any atom is 0.264 e. The van der Waals surface area contributed by atoms with Crippen LogP contribution in [0.2, 0.25) is 0 Å². The maximum atomic E-state index is 13.6. The van der Waals surface area contributed by atoms with Crippen molar-refractivity contribution in [3.05, 3.63) is 34.4 Å². The van der Waals surface area contributed by atoms with Crippen LogP contribution in [0.1, 0.15) is 102 Å². The van der Waals surface area contributed by atoms with Gasteiger partial charge in [0.25, 0.3) is 5.56 Å². The van der Waals surface area contributed by atoms with Gasteiger partial charge in [-0.1, -0.05) is 25.3 Å². The lowest BCUT2D eigenvalue weighted by Gasteiger charge is -2.59. The van der Waals surface area contributed by atoms with Crippen LogP contribution in [0.3, 0.4) is 0 Å². The summed E-state index contributed by atoms with van der Waals surface area (Å²) in [5.41, 5.74) is 1.72. The molecule has 1 saturated heterocycles. The first-order valence-electron chi connectivity index (χ1n) is 16.2. The van der Waals surface area contributed by atoms with E-state index >= 15 is 0 Å². The normalized spacial score (nSPS) is 29.6. The van der Waals surface area contributed by atoms with Gasteiger partial charge in [-0.25, -0.2) is 4.98 Å². The Balaban J connectivity index is 0.951. The maximum absolute atomic E-state index is 13.6. The highest BCUT2D eigenvalue weighted by molar-refractivity contribution is 5.99. The molecule has 0 spiro atoms. The Morgan fingerprint density at radius 1 is 0.976 bits per heavy atom. The summed E-state index contributed by atoms with van der Waals surface area (Å²) in [6.45, 7) is 6.11. The topological polar surface area (TPSA) is 105 Å². The second-order valence-electron chi connectivity index (χ2n) is 13.7. The quantitative estimate of drug-likeness (QED) is 0.242. The lowest BCUT2D eigenvalue weighted by Crippen LogP contribution is -2.54. The van der Waals surface area contributed by atoms with Crippen molar-refractivity contribution >= 4 is 28.4 Å². The molecule has 0 unspecified atom stereocenters. The van der Waals surface area contributed by atoms with Gasteiger partial charge >= 0.3 is 0 Å². The van der Waals surface area contributed by atoms with Crippen LogP contribution in [0, 0.1) is 30.1 Å². The molecule has 2 heterocycles. The Morgan fingerprint density at radius 3 is 2.32 bits per heavy atom. The van der Waals surface area contributed by atoms with E-state index in [9.17, 15) is 14.4 Å². The van der Waals surface area contributed by atoms with Crippen molar-refractivity contribution < 1.29 is 9.59 Å². The Kier molecular flexibility index (Phi) is 8.21. The molecular weight excluding hydrogens is 514 g/mol. The summed E-state index contributed by atoms with van der Waals surface area (Å²) in [6.07, 6.45) is 15.4. The van der Waals surface area contributed by atoms with E-state index in [4.69, 9.17) is 0 Å². The summed E-state index contributed by atoms with van der Waals surface area (Å²) in [6, 6.07) is 5.59. The number of aromatic nitrogens is 2. The minimum absolute atomic E-state index is 0.220. The third-order valence-corrected chi connectivity index (χ3v) is 10.8. The van der Waals surface area contributed by atoms with Gasteiger partial charge in [0.15, 0.2) is 0 Å². The number of anilines is 1. The highest BCUT2D eigenvalue weighted by Gasteiger charge is 2.52. The van der Waals surface area contributed by atoms with Gasteiger partial charge in [0.05, 0.1) is 10.9 Å². The van der Waals surface area contributed by atoms with Gasteiger partial charge in [-0.3, -0.25) is 24.3 Å². The monoisotopic (exact) mass is 561 g/mol. The van der Waals surface area contributed by atoms with Crippen LogP contribution in [-0.2, 0) is 9.59 Å². The van der Waals surface area contributed by atoms with Crippen LogP contribution in [0.5, 0.6) is 0 Å². The highest BCUT2D eigenvalue weighted by atomic mass is 16.2. The van der Waals surface area contributed by atoms with Gasteiger partial charge in [-0.05, 0) is 113 Å². The third kappa shape index (κ3) is 5.81. The van der Waals surface area contributed by atoms with Crippen molar-refractivity contribution in [3.8, 4) is 0 Å². The Bertz CT molecular complexity index is 1320. The third-order valence-electron chi connectivity index (χ3n) is 10.8. The molecule has 7 rings (SSSR count). The van der Waals surface area contributed by atoms with Crippen molar-refractivity contribution in [3.63, 3.8) is 0 Å². The standard InChI is InChI=1S/C33H47N5O3/c1-21(33-18-23-15-24(19-33)17-25(16-23)20-33)34-13-6-4-3-5-7-14-35-26-9-8-10-27-30(26)32(41)38(22(2)36-27)28-11-12-29(39)37-31(28)40/h8-10,21,23-25,28,34-35H,3-7,11-20H2,1-2H3,(H,37,39,40)/t21-,23?,24?,25?,28-,33?/m0/s1. The molecule has 8 heteroatoms. The van der Waals surface area contributed by atoms with Crippen LogP contribution in [0.15, 0.2) is 23.0 Å². The summed E-state index contributed by atoms with van der Waals surface area (Å²) in [5, 5.41) is 10.2. The van der Waals surface area contributed by atoms with E-state index in [1.807, 2.05) is 18.2 Å². The zero-order valence-electron chi connectivity index (χ0n) is 24.8. The average molecular weight is 562 g/mol. The lowest BCUT2D eigenvalue weighted by atomic mass is 9.48. The van der Waals surface area contributed by atoms with E-state index in [-0.39, 0.29) is 17.9 Å². The smallest absolute Gasteiger partial charge is 0.264 e. The number of imide groups is 1. The number of aryl methyl sites for hydroxylation is 1. The Morgan fingerprint density at radius 2 is 1.63 bits per heavy atom. The van der Waals surface area contributed by atoms with Gasteiger partial charge in [-0.15, -0.1) is 0 Å². The fourth-order valence-electron chi connectivity index (χ4n) is 9.04. The summed E-state index contributed by atoms with van der Waals surface area (Å²) in [4.78, 5) is 42.3. The van der Waals surface area contributed by atoms with E-state index in [2.05, 4.69) is 27.9 Å². The summed E-state index contributed by atoms with van der Waals surface area (Å²) in [7, 11) is 0. The Hall–Kier alpha value is -2.74. The number of amides is 2. The number of nitrogens with zero attached hydrogens (tertiary/aromatic N) is 2. The summed E-state index contributed by atoms with van der Waals surface area (Å²) >= 11 is 0. The van der Waals surface area contributed by atoms with Gasteiger partial charge < -0.3 is 10.6 Å². The number of carbonyl (C=O) groups excluding carboxylic acids is 2. The fraction of sp³-hybridized carbons (Fsp3) is 0.697. The van der Waals surface area contributed by atoms with Crippen LogP contribution in [0.4, 0.5) is 5.69 Å². The van der Waals surface area contributed by atoms with Crippen LogP contribution in [0.25, 0.3) is 10.9 Å². The summed E-state index contributed by atoms with van der Waals surface area (Å²) < 4.78 is 1.45. The van der Waals surface area contributed by atoms with Crippen molar-refractivity contribution in [2.45, 2.75) is 109 Å². The number of piperidine rings is 1. The van der Waals surface area contributed by atoms with Crippen LogP contribution >= 0.6 is 0 Å². The minimum atomic E-state index is -0.713. The Labute approximate surface area is 243 Å². The first-order chi connectivity index (χ1) is 19.8. The second kappa shape index (κ2) is 11.9. The number of rotatable bonds is 12. The zero-order chi connectivity index (χ0) is 28.6. The van der Waals surface area contributed by atoms with Crippen molar-refractivity contribution in [1.29, 1.82) is 0 Å². The molecule has 8 nitrogen and oxygen atoms in total. The predicted molar refractivity (Wildman–Crippen MR) is 162 cm³/mol. The largest absolute Gasteiger partial charge is 0.384 e. The molecule has 1 aliphatic heterocycles. The number of unbranched alkanes of at least 4 members (excludes halogenated alkanes) is 4. The molecule has 5 aliphatic rings. The molecule has 41 heavy (non-hydrogen) atoms. The number of benzene rings is 1. The molecule has 4 bridgehead atoms. The molecule has 2 amide bonds. The lowest BCUT2D eigenvalue weighted by molar-refractivity contribution is -0.135. The fourth-order valence-corrected chi connectivity index (χ4v) is 9.04. The second-order valence-corrected chi connectivity index (χ2v) is 13.7. The van der Waals surface area contributed by atoms with Gasteiger partial charge in [-0.2, -0.15) is 0 Å². The molecular formula is C33H47N5O3. The van der Waals surface area contributed by atoms with Gasteiger partial charge in [0.1, 0.15) is 11.9 Å². The molecule has 0 radical (unpaired) electrons. The minimum Gasteiger partial charge on any atom is -0.384 e. The molecule has 1 aromatic heterocycles. The number of hydrogen-bond donors (Lipinski definition) is 3. The molecule has 4 aliphatic carbocycles. The molecule has 2 aromatic rings. The molecule has 222 valence electrons. The van der Waals surface area contributed by atoms with Crippen molar-refractivity contribution in [2.75, 3.05) is 18.4 Å². The van der Waals surface area contributed by atoms with E-state index in [0.717, 1.165) is 49.4 Å².